The van der Waals surface area contributed by atoms with Crippen LogP contribution in [0, 0.1) is 11.7 Å². The van der Waals surface area contributed by atoms with Crippen LogP contribution in [0.15, 0.2) is 71.8 Å². The van der Waals surface area contributed by atoms with Gasteiger partial charge in [0.25, 0.3) is 17.7 Å². The molecule has 0 fully saturated rings. The average Bonchev–Trinajstić information content (AvgIpc) is 2.99. The second-order valence-electron chi connectivity index (χ2n) is 9.48. The number of hydrogen-bond acceptors (Lipinski definition) is 8. The van der Waals surface area contributed by atoms with E-state index in [0.29, 0.717) is 28.3 Å². The van der Waals surface area contributed by atoms with Gasteiger partial charge in [-0.05, 0) is 85.1 Å². The first kappa shape index (κ1) is 32.3. The molecule has 43 heavy (non-hydrogen) atoms. The standard InChI is InChI=1S/C31H33FN4O7/c1-5-42-31(40)22-9-13-24(14-10-22)34-27(37)18-43-25-15-6-20(16-26(25)41-4)17-33-36-30(39)28(19(2)3)35-29(38)21-7-11-23(32)12-8-21/h6-17,19,28H,5,18H2,1-4H3,(H,34,37)(H,35,38)(H,36,39)/b33-17+. The number of rotatable bonds is 13. The van der Waals surface area contributed by atoms with Crippen LogP contribution in [0.25, 0.3) is 0 Å². The number of amides is 3. The maximum atomic E-state index is 13.2. The molecule has 0 saturated carbocycles. The second-order valence-corrected chi connectivity index (χ2v) is 9.48. The van der Waals surface area contributed by atoms with Crippen molar-refractivity contribution in [3.05, 3.63) is 89.2 Å². The molecule has 3 N–H and O–H groups in total. The predicted octanol–water partition coefficient (Wildman–Crippen LogP) is 3.93. The lowest BCUT2D eigenvalue weighted by atomic mass is 10.0. The zero-order valence-corrected chi connectivity index (χ0v) is 24.2. The lowest BCUT2D eigenvalue weighted by Gasteiger charge is -2.20. The van der Waals surface area contributed by atoms with Crippen LogP contribution in [0.2, 0.25) is 0 Å². The Morgan fingerprint density at radius 2 is 1.60 bits per heavy atom. The summed E-state index contributed by atoms with van der Waals surface area (Å²) in [6.45, 7) is 5.22. The van der Waals surface area contributed by atoms with Gasteiger partial charge in [-0.2, -0.15) is 5.10 Å². The number of anilines is 1. The van der Waals surface area contributed by atoms with Crippen molar-refractivity contribution in [2.45, 2.75) is 26.8 Å². The third-order valence-corrected chi connectivity index (χ3v) is 5.96. The molecule has 3 aromatic carbocycles. The summed E-state index contributed by atoms with van der Waals surface area (Å²) in [6, 6.07) is 15.2. The van der Waals surface area contributed by atoms with Crippen LogP contribution < -0.4 is 25.5 Å². The lowest BCUT2D eigenvalue weighted by molar-refractivity contribution is -0.124. The maximum absolute atomic E-state index is 13.2. The number of methoxy groups -OCH3 is 1. The van der Waals surface area contributed by atoms with Gasteiger partial charge in [-0.15, -0.1) is 0 Å². The van der Waals surface area contributed by atoms with Crippen molar-refractivity contribution in [2.24, 2.45) is 11.0 Å². The van der Waals surface area contributed by atoms with Crippen molar-refractivity contribution >= 4 is 35.6 Å². The minimum Gasteiger partial charge on any atom is -0.493 e. The fourth-order valence-corrected chi connectivity index (χ4v) is 3.73. The minimum atomic E-state index is -0.887. The Hall–Kier alpha value is -5.26. The maximum Gasteiger partial charge on any atom is 0.338 e. The summed E-state index contributed by atoms with van der Waals surface area (Å²) >= 11 is 0. The van der Waals surface area contributed by atoms with Crippen molar-refractivity contribution in [3.8, 4) is 11.5 Å². The predicted molar refractivity (Wildman–Crippen MR) is 158 cm³/mol. The molecule has 0 spiro atoms. The Balaban J connectivity index is 1.54. The van der Waals surface area contributed by atoms with Crippen LogP contribution in [0.4, 0.5) is 10.1 Å². The highest BCUT2D eigenvalue weighted by Crippen LogP contribution is 2.27. The fraction of sp³-hybridized carbons (Fsp3) is 0.258. The van der Waals surface area contributed by atoms with E-state index in [-0.39, 0.29) is 24.7 Å². The molecule has 0 bridgehead atoms. The molecule has 1 atom stereocenters. The molecule has 0 aliphatic rings. The Kier molecular flexibility index (Phi) is 11.7. The van der Waals surface area contributed by atoms with E-state index in [4.69, 9.17) is 14.2 Å². The van der Waals surface area contributed by atoms with Crippen molar-refractivity contribution in [2.75, 3.05) is 25.6 Å². The van der Waals surface area contributed by atoms with Gasteiger partial charge < -0.3 is 24.8 Å². The highest BCUT2D eigenvalue weighted by molar-refractivity contribution is 5.98. The molecule has 0 aromatic heterocycles. The molecule has 0 aliphatic heterocycles. The molecule has 3 aromatic rings. The van der Waals surface area contributed by atoms with Gasteiger partial charge in [0.05, 0.1) is 25.5 Å². The second kappa shape index (κ2) is 15.7. The quantitative estimate of drug-likeness (QED) is 0.155. The summed E-state index contributed by atoms with van der Waals surface area (Å²) in [6.07, 6.45) is 1.38. The van der Waals surface area contributed by atoms with Gasteiger partial charge in [0.1, 0.15) is 11.9 Å². The molecule has 12 heteroatoms. The van der Waals surface area contributed by atoms with Crippen molar-refractivity contribution < 1.29 is 37.8 Å². The molecule has 0 saturated heterocycles. The SMILES string of the molecule is CCOC(=O)c1ccc(NC(=O)COc2ccc(/C=N/NC(=O)C(NC(=O)c3ccc(F)cc3)C(C)C)cc2OC)cc1. The highest BCUT2D eigenvalue weighted by atomic mass is 19.1. The van der Waals surface area contributed by atoms with Crippen LogP contribution in [0.1, 0.15) is 47.1 Å². The number of hydrogen-bond donors (Lipinski definition) is 3. The highest BCUT2D eigenvalue weighted by Gasteiger charge is 2.24. The zero-order chi connectivity index (χ0) is 31.4. The van der Waals surface area contributed by atoms with E-state index < -0.39 is 35.5 Å². The molecule has 3 rings (SSSR count). The molecule has 0 aliphatic carbocycles. The van der Waals surface area contributed by atoms with Crippen LogP contribution in [0.3, 0.4) is 0 Å². The van der Waals surface area contributed by atoms with E-state index in [0.717, 1.165) is 0 Å². The molecular weight excluding hydrogens is 559 g/mol. The normalized spacial score (nSPS) is 11.5. The monoisotopic (exact) mass is 592 g/mol. The molecule has 1 unspecified atom stereocenters. The summed E-state index contributed by atoms with van der Waals surface area (Å²) in [5.41, 5.74) is 4.05. The fourth-order valence-electron chi connectivity index (χ4n) is 3.73. The number of carbonyl (C=O) groups excluding carboxylic acids is 4. The number of halogens is 1. The number of benzene rings is 3. The summed E-state index contributed by atoms with van der Waals surface area (Å²) in [5.74, 6) is -2.01. The van der Waals surface area contributed by atoms with Gasteiger partial charge in [0, 0.05) is 11.3 Å². The van der Waals surface area contributed by atoms with Gasteiger partial charge in [-0.1, -0.05) is 13.8 Å². The van der Waals surface area contributed by atoms with Crippen molar-refractivity contribution in [1.29, 1.82) is 0 Å². The molecule has 3 amide bonds. The summed E-state index contributed by atoms with van der Waals surface area (Å²) in [7, 11) is 1.44. The number of carbonyl (C=O) groups is 4. The van der Waals surface area contributed by atoms with Crippen LogP contribution in [0.5, 0.6) is 11.5 Å². The average molecular weight is 593 g/mol. The first-order chi connectivity index (χ1) is 20.6. The van der Waals surface area contributed by atoms with Gasteiger partial charge in [-0.25, -0.2) is 14.6 Å². The summed E-state index contributed by atoms with van der Waals surface area (Å²) < 4.78 is 29.1. The van der Waals surface area contributed by atoms with Gasteiger partial charge in [0.15, 0.2) is 18.1 Å². The largest absolute Gasteiger partial charge is 0.493 e. The van der Waals surface area contributed by atoms with E-state index in [2.05, 4.69) is 21.2 Å². The number of esters is 1. The smallest absolute Gasteiger partial charge is 0.338 e. The Labute approximate surface area is 248 Å². The number of nitrogens with one attached hydrogen (secondary N) is 3. The zero-order valence-electron chi connectivity index (χ0n) is 24.2. The first-order valence-electron chi connectivity index (χ1n) is 13.4. The topological polar surface area (TPSA) is 144 Å². The van der Waals surface area contributed by atoms with Crippen LogP contribution in [-0.4, -0.2) is 56.3 Å². The van der Waals surface area contributed by atoms with E-state index in [9.17, 15) is 23.6 Å². The van der Waals surface area contributed by atoms with E-state index >= 15 is 0 Å². The van der Waals surface area contributed by atoms with Crippen molar-refractivity contribution in [1.82, 2.24) is 10.7 Å². The van der Waals surface area contributed by atoms with Gasteiger partial charge in [-0.3, -0.25) is 14.4 Å². The number of ether oxygens (including phenoxy) is 3. The lowest BCUT2D eigenvalue weighted by Crippen LogP contribution is -2.48. The molecule has 11 nitrogen and oxygen atoms in total. The van der Waals surface area contributed by atoms with Crippen LogP contribution in [-0.2, 0) is 14.3 Å². The van der Waals surface area contributed by atoms with E-state index in [1.165, 1.54) is 37.6 Å². The Morgan fingerprint density at radius 3 is 2.23 bits per heavy atom. The van der Waals surface area contributed by atoms with E-state index in [1.807, 2.05) is 0 Å². The molecule has 0 radical (unpaired) electrons. The van der Waals surface area contributed by atoms with Crippen LogP contribution >= 0.6 is 0 Å². The van der Waals surface area contributed by atoms with Gasteiger partial charge >= 0.3 is 5.97 Å². The molecule has 0 heterocycles. The number of nitrogens with zero attached hydrogens (tertiary/aromatic N) is 1. The minimum absolute atomic E-state index is 0.222. The third kappa shape index (κ3) is 9.66. The van der Waals surface area contributed by atoms with Crippen molar-refractivity contribution in [3.63, 3.8) is 0 Å². The Bertz CT molecular complexity index is 1460. The van der Waals surface area contributed by atoms with Gasteiger partial charge in [0.2, 0.25) is 0 Å². The molecule has 226 valence electrons. The first-order valence-corrected chi connectivity index (χ1v) is 13.4. The van der Waals surface area contributed by atoms with E-state index in [1.54, 1.807) is 63.2 Å². The molecular formula is C31H33FN4O7. The summed E-state index contributed by atoms with van der Waals surface area (Å²) in [4.78, 5) is 49.3. The summed E-state index contributed by atoms with van der Waals surface area (Å²) in [5, 5.41) is 9.29. The Morgan fingerprint density at radius 1 is 0.930 bits per heavy atom. The number of hydrazone groups is 1. The third-order valence-electron chi connectivity index (χ3n) is 5.96.